The van der Waals surface area contributed by atoms with Crippen LogP contribution in [0.15, 0.2) is 63.5 Å². The summed E-state index contributed by atoms with van der Waals surface area (Å²) in [6.45, 7) is 6.38. The molecule has 6 nitrogen and oxygen atoms in total. The lowest BCUT2D eigenvalue weighted by Crippen LogP contribution is -2.39. The fourth-order valence-electron chi connectivity index (χ4n) is 4.18. The maximum atomic E-state index is 14.5. The quantitative estimate of drug-likeness (QED) is 0.277. The molecule has 37 heavy (non-hydrogen) atoms. The number of aromatic nitrogens is 1. The van der Waals surface area contributed by atoms with Gasteiger partial charge in [0.2, 0.25) is 0 Å². The van der Waals surface area contributed by atoms with Crippen molar-refractivity contribution >= 4 is 35.0 Å². The predicted molar refractivity (Wildman–Crippen MR) is 143 cm³/mol. The normalized spacial score (nSPS) is 15.4. The molecule has 9 heteroatoms. The molecule has 0 spiro atoms. The van der Waals surface area contributed by atoms with Crippen LogP contribution in [0.3, 0.4) is 0 Å². The van der Waals surface area contributed by atoms with Crippen molar-refractivity contribution in [2.24, 2.45) is 4.99 Å². The van der Waals surface area contributed by atoms with Crippen LogP contribution < -0.4 is 19.6 Å². The summed E-state index contributed by atoms with van der Waals surface area (Å²) in [5.41, 5.74) is 1.16. The van der Waals surface area contributed by atoms with E-state index in [9.17, 15) is 14.0 Å². The van der Waals surface area contributed by atoms with Crippen LogP contribution in [0.1, 0.15) is 57.2 Å². The molecule has 0 bridgehead atoms. The van der Waals surface area contributed by atoms with Crippen LogP contribution in [0.25, 0.3) is 6.08 Å². The fraction of sp³-hybridized carbons (Fsp3) is 0.321. The third kappa shape index (κ3) is 5.70. The number of nitrogens with zero attached hydrogens (tertiary/aromatic N) is 2. The summed E-state index contributed by atoms with van der Waals surface area (Å²) in [6, 6.07) is 10.9. The molecule has 0 radical (unpaired) electrons. The van der Waals surface area contributed by atoms with Crippen LogP contribution in [0, 0.1) is 5.82 Å². The van der Waals surface area contributed by atoms with Gasteiger partial charge in [0.05, 0.1) is 40.1 Å². The molecule has 2 aromatic carbocycles. The molecule has 0 saturated carbocycles. The number of unbranched alkanes of at least 4 members (excludes halogenated alkanes) is 2. The van der Waals surface area contributed by atoms with E-state index >= 15 is 0 Å². The summed E-state index contributed by atoms with van der Waals surface area (Å²) in [6.07, 6.45) is 4.60. The van der Waals surface area contributed by atoms with E-state index in [1.165, 1.54) is 22.8 Å². The molecule has 4 rings (SSSR count). The number of carbonyl (C=O) groups excluding carboxylic acids is 1. The van der Waals surface area contributed by atoms with Gasteiger partial charge < -0.3 is 9.47 Å². The van der Waals surface area contributed by atoms with Crippen molar-refractivity contribution in [3.05, 3.63) is 95.4 Å². The number of esters is 1. The third-order valence-electron chi connectivity index (χ3n) is 6.00. The molecule has 1 aromatic heterocycles. The highest BCUT2D eigenvalue weighted by Crippen LogP contribution is 2.31. The molecule has 0 N–H and O–H groups in total. The second kappa shape index (κ2) is 11.9. The zero-order chi connectivity index (χ0) is 26.5. The summed E-state index contributed by atoms with van der Waals surface area (Å²) < 4.78 is 27.3. The highest BCUT2D eigenvalue weighted by atomic mass is 35.5. The highest BCUT2D eigenvalue weighted by molar-refractivity contribution is 7.07. The molecule has 1 aliphatic rings. The van der Waals surface area contributed by atoms with Crippen LogP contribution in [0.2, 0.25) is 5.02 Å². The van der Waals surface area contributed by atoms with Gasteiger partial charge in [0, 0.05) is 5.56 Å². The Kier molecular flexibility index (Phi) is 8.61. The Labute approximate surface area is 223 Å². The van der Waals surface area contributed by atoms with Gasteiger partial charge in [0.25, 0.3) is 5.56 Å². The van der Waals surface area contributed by atoms with E-state index in [0.29, 0.717) is 28.4 Å². The number of fused-ring (bicyclic) bond motifs is 1. The predicted octanol–water partition coefficient (Wildman–Crippen LogP) is 5.16. The van der Waals surface area contributed by atoms with Crippen LogP contribution in [0.5, 0.6) is 5.75 Å². The highest BCUT2D eigenvalue weighted by Gasteiger charge is 2.33. The van der Waals surface area contributed by atoms with E-state index in [0.717, 1.165) is 30.6 Å². The zero-order valence-electron chi connectivity index (χ0n) is 20.9. The number of thiazole rings is 1. The average molecular weight is 543 g/mol. The van der Waals surface area contributed by atoms with Crippen molar-refractivity contribution in [1.82, 2.24) is 4.57 Å². The van der Waals surface area contributed by atoms with Gasteiger partial charge in [-0.25, -0.2) is 14.2 Å². The lowest BCUT2D eigenvalue weighted by Gasteiger charge is -2.24. The lowest BCUT2D eigenvalue weighted by atomic mass is 9.96. The molecule has 0 aliphatic carbocycles. The standard InChI is InChI=1S/C28H28ClFN2O4S/c1-4-6-7-15-36-19-13-11-18(12-14-19)25-24(27(34)35-5-2)17(3)31-28-32(25)26(33)23(37-28)16-20-21(29)9-8-10-22(20)30/h8-14,16,25H,4-7,15H2,1-3H3/b23-16-. The molecule has 0 saturated heterocycles. The summed E-state index contributed by atoms with van der Waals surface area (Å²) in [4.78, 5) is 31.6. The fourth-order valence-corrected chi connectivity index (χ4v) is 5.42. The Bertz CT molecular complexity index is 1490. The number of benzene rings is 2. The summed E-state index contributed by atoms with van der Waals surface area (Å²) in [7, 11) is 0. The van der Waals surface area contributed by atoms with Gasteiger partial charge in [-0.3, -0.25) is 9.36 Å². The maximum Gasteiger partial charge on any atom is 0.338 e. The van der Waals surface area contributed by atoms with Gasteiger partial charge in [-0.1, -0.05) is 60.9 Å². The number of hydrogen-bond donors (Lipinski definition) is 0. The molecule has 3 aromatic rings. The van der Waals surface area contributed by atoms with Crippen LogP contribution in [-0.4, -0.2) is 23.8 Å². The molecular weight excluding hydrogens is 515 g/mol. The number of ether oxygens (including phenoxy) is 2. The minimum absolute atomic E-state index is 0.122. The van der Waals surface area contributed by atoms with Crippen molar-refractivity contribution in [1.29, 1.82) is 0 Å². The first-order chi connectivity index (χ1) is 17.8. The molecule has 1 unspecified atom stereocenters. The minimum atomic E-state index is -0.761. The first kappa shape index (κ1) is 26.8. The van der Waals surface area contributed by atoms with Gasteiger partial charge in [-0.2, -0.15) is 0 Å². The molecule has 1 atom stereocenters. The summed E-state index contributed by atoms with van der Waals surface area (Å²) in [5, 5.41) is 0.195. The van der Waals surface area contributed by atoms with E-state index in [1.54, 1.807) is 19.9 Å². The summed E-state index contributed by atoms with van der Waals surface area (Å²) in [5.74, 6) is -0.368. The SMILES string of the molecule is CCCCCOc1ccc(C2C(C(=O)OCC)=C(C)N=c3s/c(=C\c4c(F)cccc4Cl)c(=O)n32)cc1. The second-order valence-electron chi connectivity index (χ2n) is 8.56. The third-order valence-corrected chi connectivity index (χ3v) is 7.32. The summed E-state index contributed by atoms with van der Waals surface area (Å²) >= 11 is 7.31. The molecule has 0 amide bonds. The van der Waals surface area contributed by atoms with Crippen LogP contribution >= 0.6 is 22.9 Å². The van der Waals surface area contributed by atoms with Gasteiger partial charge in [0.15, 0.2) is 4.80 Å². The Morgan fingerprint density at radius 1 is 1.19 bits per heavy atom. The van der Waals surface area contributed by atoms with Crippen molar-refractivity contribution in [2.75, 3.05) is 13.2 Å². The smallest absolute Gasteiger partial charge is 0.338 e. The van der Waals surface area contributed by atoms with Crippen molar-refractivity contribution in [3.8, 4) is 5.75 Å². The number of halogens is 2. The monoisotopic (exact) mass is 542 g/mol. The van der Waals surface area contributed by atoms with Gasteiger partial charge in [-0.15, -0.1) is 0 Å². The number of rotatable bonds is 9. The Balaban J connectivity index is 1.82. The largest absolute Gasteiger partial charge is 0.494 e. The molecule has 1 aliphatic heterocycles. The Morgan fingerprint density at radius 3 is 2.62 bits per heavy atom. The van der Waals surface area contributed by atoms with Gasteiger partial charge in [0.1, 0.15) is 11.6 Å². The second-order valence-corrected chi connectivity index (χ2v) is 9.98. The number of allylic oxidation sites excluding steroid dienone is 1. The van der Waals surface area contributed by atoms with Crippen LogP contribution in [-0.2, 0) is 9.53 Å². The Hall–Kier alpha value is -3.23. The average Bonchev–Trinajstić information content (AvgIpc) is 3.18. The molecule has 194 valence electrons. The zero-order valence-corrected chi connectivity index (χ0v) is 22.5. The van der Waals surface area contributed by atoms with E-state index in [4.69, 9.17) is 21.1 Å². The first-order valence-corrected chi connectivity index (χ1v) is 13.4. The number of carbonyl (C=O) groups is 1. The van der Waals surface area contributed by atoms with E-state index < -0.39 is 23.4 Å². The van der Waals surface area contributed by atoms with Gasteiger partial charge >= 0.3 is 5.97 Å². The van der Waals surface area contributed by atoms with Crippen molar-refractivity contribution < 1.29 is 18.7 Å². The first-order valence-electron chi connectivity index (χ1n) is 12.2. The molecular formula is C28H28ClFN2O4S. The lowest BCUT2D eigenvalue weighted by molar-refractivity contribution is -0.139. The van der Waals surface area contributed by atoms with Crippen LogP contribution in [0.4, 0.5) is 4.39 Å². The van der Waals surface area contributed by atoms with E-state index in [-0.39, 0.29) is 27.3 Å². The maximum absolute atomic E-state index is 14.5. The van der Waals surface area contributed by atoms with Gasteiger partial charge in [-0.05, 0) is 56.2 Å². The Morgan fingerprint density at radius 2 is 1.95 bits per heavy atom. The topological polar surface area (TPSA) is 69.9 Å². The molecule has 2 heterocycles. The van der Waals surface area contributed by atoms with Crippen molar-refractivity contribution in [3.63, 3.8) is 0 Å². The number of hydrogen-bond acceptors (Lipinski definition) is 6. The minimum Gasteiger partial charge on any atom is -0.494 e. The van der Waals surface area contributed by atoms with E-state index in [1.807, 2.05) is 24.3 Å². The van der Waals surface area contributed by atoms with Crippen molar-refractivity contribution in [2.45, 2.75) is 46.1 Å². The van der Waals surface area contributed by atoms with E-state index in [2.05, 4.69) is 11.9 Å². The molecule has 0 fully saturated rings.